The molecule has 0 bridgehead atoms. The minimum Gasteiger partial charge on any atom is -0.456 e. The molecule has 4 nitrogen and oxygen atoms in total. The molecular formula is C19H13FN2O2S. The second kappa shape index (κ2) is 7.24. The zero-order valence-electron chi connectivity index (χ0n) is 13.3. The summed E-state index contributed by atoms with van der Waals surface area (Å²) in [5.74, 6) is -1.15. The molecule has 0 radical (unpaired) electrons. The van der Waals surface area contributed by atoms with Crippen LogP contribution in [0.15, 0.2) is 47.8 Å². The van der Waals surface area contributed by atoms with Gasteiger partial charge in [-0.25, -0.2) is 14.2 Å². The number of nitrogens with zero attached hydrogens (tertiary/aromatic N) is 2. The highest BCUT2D eigenvalue weighted by atomic mass is 32.1. The van der Waals surface area contributed by atoms with Crippen molar-refractivity contribution in [2.75, 3.05) is 0 Å². The Balaban J connectivity index is 1.70. The van der Waals surface area contributed by atoms with Gasteiger partial charge in [-0.2, -0.15) is 5.26 Å². The van der Waals surface area contributed by atoms with E-state index in [2.05, 4.69) is 4.98 Å². The number of carbonyl (C=O) groups excluding carboxylic acids is 1. The molecule has 0 aliphatic carbocycles. The second-order valence-electron chi connectivity index (χ2n) is 5.40. The summed E-state index contributed by atoms with van der Waals surface area (Å²) in [5, 5.41) is 11.2. The summed E-state index contributed by atoms with van der Waals surface area (Å²) in [7, 11) is 0. The summed E-state index contributed by atoms with van der Waals surface area (Å²) in [5.41, 5.74) is 2.70. The summed E-state index contributed by atoms with van der Waals surface area (Å²) < 4.78 is 18.8. The van der Waals surface area contributed by atoms with E-state index < -0.39 is 11.8 Å². The number of thiazole rings is 1. The van der Waals surface area contributed by atoms with Crippen molar-refractivity contribution in [3.8, 4) is 16.6 Å². The third-order valence-corrected chi connectivity index (χ3v) is 4.44. The Labute approximate surface area is 148 Å². The van der Waals surface area contributed by atoms with E-state index in [0.29, 0.717) is 10.6 Å². The number of rotatable bonds is 4. The molecule has 0 amide bonds. The Bertz CT molecular complexity index is 958. The van der Waals surface area contributed by atoms with Crippen LogP contribution in [0.25, 0.3) is 10.6 Å². The van der Waals surface area contributed by atoms with Crippen LogP contribution in [0.5, 0.6) is 0 Å². The van der Waals surface area contributed by atoms with Gasteiger partial charge in [-0.1, -0.05) is 29.8 Å². The topological polar surface area (TPSA) is 63.0 Å². The van der Waals surface area contributed by atoms with Crippen molar-refractivity contribution in [2.24, 2.45) is 0 Å². The van der Waals surface area contributed by atoms with Gasteiger partial charge in [0, 0.05) is 16.5 Å². The first kappa shape index (κ1) is 16.8. The zero-order chi connectivity index (χ0) is 17.8. The molecule has 0 saturated carbocycles. The average Bonchev–Trinajstić information content (AvgIpc) is 3.11. The molecule has 3 rings (SSSR count). The highest BCUT2D eigenvalue weighted by Crippen LogP contribution is 2.24. The van der Waals surface area contributed by atoms with E-state index in [1.165, 1.54) is 29.5 Å². The van der Waals surface area contributed by atoms with Crippen LogP contribution in [0.2, 0.25) is 0 Å². The van der Waals surface area contributed by atoms with Crippen LogP contribution in [0, 0.1) is 24.1 Å². The van der Waals surface area contributed by atoms with Gasteiger partial charge in [-0.05, 0) is 25.1 Å². The maximum atomic E-state index is 13.7. The molecule has 0 atom stereocenters. The Morgan fingerprint density at radius 3 is 2.76 bits per heavy atom. The monoisotopic (exact) mass is 352 g/mol. The van der Waals surface area contributed by atoms with Crippen LogP contribution in [0.3, 0.4) is 0 Å². The fourth-order valence-electron chi connectivity index (χ4n) is 2.17. The Morgan fingerprint density at radius 2 is 2.04 bits per heavy atom. The number of nitriles is 1. The predicted molar refractivity (Wildman–Crippen MR) is 92.5 cm³/mol. The summed E-state index contributed by atoms with van der Waals surface area (Å²) in [6.45, 7) is 1.74. The van der Waals surface area contributed by atoms with E-state index in [-0.39, 0.29) is 17.9 Å². The van der Waals surface area contributed by atoms with E-state index in [4.69, 9.17) is 10.00 Å². The fraction of sp³-hybridized carbons (Fsp3) is 0.105. The summed E-state index contributed by atoms with van der Waals surface area (Å²) in [6.07, 6.45) is 0. The molecule has 0 aliphatic heterocycles. The van der Waals surface area contributed by atoms with Crippen molar-refractivity contribution in [2.45, 2.75) is 13.5 Å². The smallest absolute Gasteiger partial charge is 0.358 e. The van der Waals surface area contributed by atoms with E-state index >= 15 is 0 Å². The molecule has 1 aromatic heterocycles. The lowest BCUT2D eigenvalue weighted by atomic mass is 10.1. The predicted octanol–water partition coefficient (Wildman–Crippen LogP) is 4.49. The first-order chi connectivity index (χ1) is 12.1. The van der Waals surface area contributed by atoms with Crippen LogP contribution in [-0.4, -0.2) is 11.0 Å². The SMILES string of the molecule is Cc1ccc(-c2nc(C(=O)OCc3cc(C#N)ccc3F)cs2)cc1. The maximum absolute atomic E-state index is 13.7. The largest absolute Gasteiger partial charge is 0.456 e. The molecule has 0 aliphatic rings. The molecule has 0 unspecified atom stereocenters. The fourth-order valence-corrected chi connectivity index (χ4v) is 2.96. The van der Waals surface area contributed by atoms with Crippen molar-refractivity contribution in [1.82, 2.24) is 4.98 Å². The molecule has 3 aromatic rings. The van der Waals surface area contributed by atoms with Crippen LogP contribution in [0.4, 0.5) is 4.39 Å². The quantitative estimate of drug-likeness (QED) is 0.649. The number of aromatic nitrogens is 1. The number of esters is 1. The maximum Gasteiger partial charge on any atom is 0.358 e. The van der Waals surface area contributed by atoms with E-state index in [1.807, 2.05) is 37.3 Å². The first-order valence-electron chi connectivity index (χ1n) is 7.45. The third-order valence-electron chi connectivity index (χ3n) is 3.55. The van der Waals surface area contributed by atoms with E-state index in [9.17, 15) is 9.18 Å². The minimum absolute atomic E-state index is 0.154. The van der Waals surface area contributed by atoms with Crippen molar-refractivity contribution in [3.63, 3.8) is 0 Å². The van der Waals surface area contributed by atoms with E-state index in [1.54, 1.807) is 5.38 Å². The number of hydrogen-bond acceptors (Lipinski definition) is 5. The number of benzene rings is 2. The second-order valence-corrected chi connectivity index (χ2v) is 6.26. The molecule has 25 heavy (non-hydrogen) atoms. The number of hydrogen-bond donors (Lipinski definition) is 0. The molecule has 0 fully saturated rings. The molecule has 2 aromatic carbocycles. The van der Waals surface area contributed by atoms with Gasteiger partial charge >= 0.3 is 5.97 Å². The van der Waals surface area contributed by atoms with Gasteiger partial charge in [0.1, 0.15) is 17.4 Å². The highest BCUT2D eigenvalue weighted by Gasteiger charge is 2.14. The Morgan fingerprint density at radius 1 is 1.28 bits per heavy atom. The normalized spacial score (nSPS) is 10.3. The van der Waals surface area contributed by atoms with Gasteiger partial charge < -0.3 is 4.74 Å². The Hall–Kier alpha value is -3.04. The van der Waals surface area contributed by atoms with Gasteiger partial charge in [0.05, 0.1) is 11.6 Å². The van der Waals surface area contributed by atoms with Crippen LogP contribution in [-0.2, 0) is 11.3 Å². The lowest BCUT2D eigenvalue weighted by Crippen LogP contribution is -2.07. The molecule has 1 heterocycles. The van der Waals surface area contributed by atoms with Crippen molar-refractivity contribution >= 4 is 17.3 Å². The van der Waals surface area contributed by atoms with Gasteiger partial charge in [-0.15, -0.1) is 11.3 Å². The molecule has 124 valence electrons. The van der Waals surface area contributed by atoms with Gasteiger partial charge in [0.25, 0.3) is 0 Å². The highest BCUT2D eigenvalue weighted by molar-refractivity contribution is 7.13. The molecule has 0 saturated heterocycles. The summed E-state index contributed by atoms with van der Waals surface area (Å²) >= 11 is 1.34. The van der Waals surface area contributed by atoms with Crippen LogP contribution >= 0.6 is 11.3 Å². The molecule has 6 heteroatoms. The lowest BCUT2D eigenvalue weighted by Gasteiger charge is -2.05. The summed E-state index contributed by atoms with van der Waals surface area (Å²) in [4.78, 5) is 16.4. The van der Waals surface area contributed by atoms with Crippen LogP contribution < -0.4 is 0 Å². The standard InChI is InChI=1S/C19H13FN2O2S/c1-12-2-5-14(6-3-12)18-22-17(11-25-18)19(23)24-10-15-8-13(9-21)4-7-16(15)20/h2-8,11H,10H2,1H3. The third kappa shape index (κ3) is 3.90. The number of halogens is 1. The van der Waals surface area contributed by atoms with Crippen molar-refractivity contribution in [3.05, 3.63) is 76.0 Å². The van der Waals surface area contributed by atoms with Crippen LogP contribution in [0.1, 0.15) is 27.2 Å². The number of ether oxygens (including phenoxy) is 1. The van der Waals surface area contributed by atoms with Gasteiger partial charge in [0.2, 0.25) is 0 Å². The minimum atomic E-state index is -0.628. The van der Waals surface area contributed by atoms with Crippen molar-refractivity contribution < 1.29 is 13.9 Å². The Kier molecular flexibility index (Phi) is 4.87. The van der Waals surface area contributed by atoms with Gasteiger partial charge in [-0.3, -0.25) is 0 Å². The molecule has 0 spiro atoms. The number of carbonyl (C=O) groups is 1. The van der Waals surface area contributed by atoms with Gasteiger partial charge in [0.15, 0.2) is 5.69 Å². The zero-order valence-corrected chi connectivity index (χ0v) is 14.1. The molecular weight excluding hydrogens is 339 g/mol. The van der Waals surface area contributed by atoms with E-state index in [0.717, 1.165) is 11.1 Å². The molecule has 0 N–H and O–H groups in total. The lowest BCUT2D eigenvalue weighted by molar-refractivity contribution is 0.0463. The first-order valence-corrected chi connectivity index (χ1v) is 8.33. The summed E-state index contributed by atoms with van der Waals surface area (Å²) in [6, 6.07) is 13.7. The van der Waals surface area contributed by atoms with Crippen molar-refractivity contribution in [1.29, 1.82) is 5.26 Å². The average molecular weight is 352 g/mol. The number of aryl methyl sites for hydroxylation is 1.